The zero-order valence-electron chi connectivity index (χ0n) is 15.5. The maximum atomic E-state index is 12.9. The van der Waals surface area contributed by atoms with Gasteiger partial charge in [0, 0.05) is 14.1 Å². The highest BCUT2D eigenvalue weighted by Crippen LogP contribution is 2.33. The number of nitrogens with zero attached hydrogens (tertiary/aromatic N) is 6. The molecule has 1 aliphatic rings. The fourth-order valence-corrected chi connectivity index (χ4v) is 3.05. The van der Waals surface area contributed by atoms with Crippen molar-refractivity contribution in [3.8, 4) is 11.5 Å². The zero-order valence-corrected chi connectivity index (χ0v) is 15.5. The van der Waals surface area contributed by atoms with E-state index in [2.05, 4.69) is 26.9 Å². The number of benzene rings is 1. The summed E-state index contributed by atoms with van der Waals surface area (Å²) in [6, 6.07) is 4.76. The van der Waals surface area contributed by atoms with Crippen LogP contribution < -0.4 is 4.90 Å². The standard InChI is InChI=1S/C18H16F3N7O/c1-10-14-16(27(3)17(29)26(10)2)23-15(22-14)13-9-28(25-24-13)8-11-5-4-6-12(7-11)18(19,20)21/h4-7,9H,1,8H2,2-3H3,(H,22,23). The number of hydrogen-bond acceptors (Lipinski definition) is 4. The third kappa shape index (κ3) is 3.24. The van der Waals surface area contributed by atoms with Crippen molar-refractivity contribution in [2.24, 2.45) is 0 Å². The normalized spacial score (nSPS) is 14.5. The van der Waals surface area contributed by atoms with Gasteiger partial charge >= 0.3 is 12.2 Å². The largest absolute Gasteiger partial charge is 0.416 e. The number of aromatic nitrogens is 5. The van der Waals surface area contributed by atoms with Crippen molar-refractivity contribution < 1.29 is 18.0 Å². The van der Waals surface area contributed by atoms with E-state index >= 15 is 0 Å². The minimum absolute atomic E-state index is 0.116. The molecule has 0 fully saturated rings. The number of hydrogen-bond donors (Lipinski definition) is 1. The Balaban J connectivity index is 1.61. The minimum atomic E-state index is -4.41. The van der Waals surface area contributed by atoms with Crippen LogP contribution in [0.2, 0.25) is 0 Å². The van der Waals surface area contributed by atoms with Crippen LogP contribution in [-0.2, 0) is 12.7 Å². The lowest BCUT2D eigenvalue weighted by molar-refractivity contribution is -0.137. The Labute approximate surface area is 163 Å². The number of nitrogens with one attached hydrogen (secondary N) is 1. The van der Waals surface area contributed by atoms with E-state index in [-0.39, 0.29) is 12.6 Å². The molecule has 1 aliphatic heterocycles. The van der Waals surface area contributed by atoms with E-state index in [0.29, 0.717) is 34.3 Å². The van der Waals surface area contributed by atoms with Crippen molar-refractivity contribution in [1.82, 2.24) is 29.9 Å². The first kappa shape index (κ1) is 18.7. The SMILES string of the molecule is C=C1c2[nH]c(-c3cn(Cc4cccc(C(F)(F)F)c4)nn3)nc2N(C)C(=O)N1C. The Hall–Kier alpha value is -3.63. The van der Waals surface area contributed by atoms with Gasteiger partial charge < -0.3 is 4.98 Å². The Bertz CT molecular complexity index is 1110. The first-order chi connectivity index (χ1) is 13.6. The average molecular weight is 403 g/mol. The Morgan fingerprint density at radius 1 is 1.21 bits per heavy atom. The molecular formula is C18H16F3N7O. The van der Waals surface area contributed by atoms with Crippen LogP contribution in [0.5, 0.6) is 0 Å². The van der Waals surface area contributed by atoms with Gasteiger partial charge in [-0.05, 0) is 17.7 Å². The van der Waals surface area contributed by atoms with Crippen molar-refractivity contribution in [1.29, 1.82) is 0 Å². The number of rotatable bonds is 3. The van der Waals surface area contributed by atoms with Gasteiger partial charge in [0.15, 0.2) is 11.6 Å². The number of carbonyl (C=O) groups excluding carboxylic acids is 1. The van der Waals surface area contributed by atoms with E-state index in [1.165, 1.54) is 20.5 Å². The summed E-state index contributed by atoms with van der Waals surface area (Å²) in [7, 11) is 3.20. The van der Waals surface area contributed by atoms with Crippen molar-refractivity contribution >= 4 is 17.5 Å². The van der Waals surface area contributed by atoms with Crippen molar-refractivity contribution in [3.05, 3.63) is 53.9 Å². The number of fused-ring (bicyclic) bond motifs is 1. The molecule has 3 heterocycles. The summed E-state index contributed by atoms with van der Waals surface area (Å²) in [5, 5.41) is 8.00. The van der Waals surface area contributed by atoms with E-state index in [1.54, 1.807) is 26.4 Å². The summed E-state index contributed by atoms with van der Waals surface area (Å²) in [6.07, 6.45) is -2.84. The first-order valence-electron chi connectivity index (χ1n) is 8.52. The minimum Gasteiger partial charge on any atom is -0.334 e. The average Bonchev–Trinajstić information content (AvgIpc) is 3.31. The van der Waals surface area contributed by atoms with Crippen LogP contribution in [0.25, 0.3) is 17.2 Å². The Kier molecular flexibility index (Phi) is 4.17. The number of anilines is 1. The topological polar surface area (TPSA) is 82.9 Å². The van der Waals surface area contributed by atoms with Crippen LogP contribution >= 0.6 is 0 Å². The summed E-state index contributed by atoms with van der Waals surface area (Å²) < 4.78 is 40.1. The van der Waals surface area contributed by atoms with Gasteiger partial charge in [0.1, 0.15) is 11.4 Å². The van der Waals surface area contributed by atoms with Gasteiger partial charge in [0.2, 0.25) is 0 Å². The summed E-state index contributed by atoms with van der Waals surface area (Å²) in [5.74, 6) is 0.793. The maximum absolute atomic E-state index is 12.9. The molecule has 0 atom stereocenters. The highest BCUT2D eigenvalue weighted by atomic mass is 19.4. The molecule has 1 N–H and O–H groups in total. The lowest BCUT2D eigenvalue weighted by Crippen LogP contribution is -2.41. The second-order valence-corrected chi connectivity index (χ2v) is 6.63. The van der Waals surface area contributed by atoms with Crippen molar-refractivity contribution in [2.45, 2.75) is 12.7 Å². The van der Waals surface area contributed by atoms with Gasteiger partial charge in [-0.15, -0.1) is 5.10 Å². The number of halogens is 3. The molecule has 3 aromatic rings. The highest BCUT2D eigenvalue weighted by molar-refractivity contribution is 6.02. The summed E-state index contributed by atoms with van der Waals surface area (Å²) >= 11 is 0. The van der Waals surface area contributed by atoms with Crippen LogP contribution in [0, 0.1) is 0 Å². The number of carbonyl (C=O) groups is 1. The number of aromatic amines is 1. The third-order valence-electron chi connectivity index (χ3n) is 4.65. The molecule has 1 aromatic carbocycles. The molecule has 29 heavy (non-hydrogen) atoms. The fraction of sp³-hybridized carbons (Fsp3) is 0.222. The van der Waals surface area contributed by atoms with E-state index in [1.807, 2.05) is 0 Å². The van der Waals surface area contributed by atoms with E-state index in [0.717, 1.165) is 12.1 Å². The Morgan fingerprint density at radius 2 is 1.97 bits per heavy atom. The van der Waals surface area contributed by atoms with Crippen LogP contribution in [0.4, 0.5) is 23.8 Å². The van der Waals surface area contributed by atoms with Crippen LogP contribution in [0.15, 0.2) is 37.0 Å². The van der Waals surface area contributed by atoms with E-state index < -0.39 is 11.7 Å². The monoisotopic (exact) mass is 403 g/mol. The second-order valence-electron chi connectivity index (χ2n) is 6.63. The quantitative estimate of drug-likeness (QED) is 0.728. The number of H-pyrrole nitrogens is 1. The zero-order chi connectivity index (χ0) is 20.9. The maximum Gasteiger partial charge on any atom is 0.416 e. The molecular weight excluding hydrogens is 387 g/mol. The molecule has 8 nitrogen and oxygen atoms in total. The molecule has 0 unspecified atom stereocenters. The van der Waals surface area contributed by atoms with E-state index in [4.69, 9.17) is 0 Å². The predicted molar refractivity (Wildman–Crippen MR) is 98.7 cm³/mol. The van der Waals surface area contributed by atoms with Crippen molar-refractivity contribution in [3.63, 3.8) is 0 Å². The van der Waals surface area contributed by atoms with Crippen LogP contribution in [0.3, 0.4) is 0 Å². The Morgan fingerprint density at radius 3 is 2.69 bits per heavy atom. The number of urea groups is 1. The number of alkyl halides is 3. The van der Waals surface area contributed by atoms with Crippen LogP contribution in [-0.4, -0.2) is 50.0 Å². The molecule has 0 bridgehead atoms. The van der Waals surface area contributed by atoms with Gasteiger partial charge in [-0.25, -0.2) is 14.5 Å². The highest BCUT2D eigenvalue weighted by Gasteiger charge is 2.32. The lowest BCUT2D eigenvalue weighted by atomic mass is 10.1. The molecule has 2 aromatic heterocycles. The molecule has 0 saturated carbocycles. The smallest absolute Gasteiger partial charge is 0.334 e. The lowest BCUT2D eigenvalue weighted by Gasteiger charge is -2.30. The molecule has 0 spiro atoms. The molecule has 11 heteroatoms. The molecule has 0 saturated heterocycles. The second kappa shape index (κ2) is 6.47. The summed E-state index contributed by atoms with van der Waals surface area (Å²) in [4.78, 5) is 22.4. The van der Waals surface area contributed by atoms with Crippen LogP contribution in [0.1, 0.15) is 16.8 Å². The van der Waals surface area contributed by atoms with E-state index in [9.17, 15) is 18.0 Å². The third-order valence-corrected chi connectivity index (χ3v) is 4.65. The summed E-state index contributed by atoms with van der Waals surface area (Å²) in [6.45, 7) is 4.01. The van der Waals surface area contributed by atoms with Gasteiger partial charge in [-0.2, -0.15) is 13.2 Å². The van der Waals surface area contributed by atoms with Gasteiger partial charge in [-0.3, -0.25) is 9.80 Å². The van der Waals surface area contributed by atoms with Gasteiger partial charge in [0.25, 0.3) is 0 Å². The summed E-state index contributed by atoms with van der Waals surface area (Å²) in [5.41, 5.74) is 1.16. The van der Waals surface area contributed by atoms with Gasteiger partial charge in [0.05, 0.1) is 24.0 Å². The number of imidazole rings is 1. The molecule has 150 valence electrons. The molecule has 2 amide bonds. The molecule has 0 radical (unpaired) electrons. The fourth-order valence-electron chi connectivity index (χ4n) is 3.05. The molecule has 0 aliphatic carbocycles. The predicted octanol–water partition coefficient (Wildman–Crippen LogP) is 3.21. The van der Waals surface area contributed by atoms with Gasteiger partial charge in [-0.1, -0.05) is 23.9 Å². The number of amides is 2. The van der Waals surface area contributed by atoms with Crippen molar-refractivity contribution in [2.75, 3.05) is 19.0 Å². The first-order valence-corrected chi connectivity index (χ1v) is 8.52. The molecule has 4 rings (SSSR count).